The monoisotopic (exact) mass is 452 g/mol. The number of anilines is 3. The Bertz CT molecular complexity index is 915. The second kappa shape index (κ2) is 10.5. The van der Waals surface area contributed by atoms with Gasteiger partial charge in [-0.2, -0.15) is 9.97 Å². The maximum absolute atomic E-state index is 5.57. The molecule has 2 aliphatic rings. The number of piperidine rings is 2. The summed E-state index contributed by atoms with van der Waals surface area (Å²) in [4.78, 5) is 14.6. The van der Waals surface area contributed by atoms with Gasteiger partial charge in [-0.3, -0.25) is 0 Å². The molecule has 0 aliphatic carbocycles. The van der Waals surface area contributed by atoms with Crippen molar-refractivity contribution in [3.8, 4) is 0 Å². The number of nitrogens with zero attached hydrogens (tertiary/aromatic N) is 4. The van der Waals surface area contributed by atoms with Crippen molar-refractivity contribution >= 4 is 34.9 Å². The number of rotatable bonds is 5. The van der Waals surface area contributed by atoms with E-state index in [0.717, 1.165) is 31.3 Å². The first-order valence-corrected chi connectivity index (χ1v) is 12.4. The normalized spacial score (nSPS) is 21.3. The van der Waals surface area contributed by atoms with Crippen molar-refractivity contribution in [2.75, 3.05) is 34.8 Å². The summed E-state index contributed by atoms with van der Waals surface area (Å²) in [6.07, 6.45) is 6.20. The van der Waals surface area contributed by atoms with Crippen LogP contribution in [0.15, 0.2) is 30.3 Å². The maximum atomic E-state index is 5.57. The molecule has 1 aromatic carbocycles. The minimum absolute atomic E-state index is 0.492. The smallest absolute Gasteiger partial charge is 0.232 e. The lowest BCUT2D eigenvalue weighted by molar-refractivity contribution is 0.444. The van der Waals surface area contributed by atoms with Crippen molar-refractivity contribution in [1.82, 2.24) is 15.3 Å². The van der Waals surface area contributed by atoms with Crippen LogP contribution in [0, 0.1) is 12.8 Å². The average Bonchev–Trinajstić information content (AvgIpc) is 2.79. The molecule has 7 heteroatoms. The first-order valence-electron chi connectivity index (χ1n) is 12.0. The number of aryl methyl sites for hydroxylation is 1. The lowest BCUT2D eigenvalue weighted by atomic mass is 10.0. The van der Waals surface area contributed by atoms with Crippen molar-refractivity contribution in [2.24, 2.45) is 5.92 Å². The van der Waals surface area contributed by atoms with Crippen molar-refractivity contribution in [1.29, 1.82) is 0 Å². The van der Waals surface area contributed by atoms with Crippen LogP contribution in [0.5, 0.6) is 0 Å². The van der Waals surface area contributed by atoms with Gasteiger partial charge in [0.2, 0.25) is 5.95 Å². The van der Waals surface area contributed by atoms with Crippen LogP contribution in [-0.2, 0) is 6.54 Å². The highest BCUT2D eigenvalue weighted by atomic mass is 32.1. The topological polar surface area (TPSA) is 56.3 Å². The van der Waals surface area contributed by atoms with Crippen molar-refractivity contribution in [3.05, 3.63) is 41.5 Å². The van der Waals surface area contributed by atoms with Gasteiger partial charge >= 0.3 is 0 Å². The minimum atomic E-state index is 0.492. The molecular weight excluding hydrogens is 416 g/mol. The standard InChI is InChI=1S/C25H36N6S/c1-18-9-11-21(12-10-18)16-26-25(32)29-24-27-22(30-13-6-7-19(2)17-30)15-23(28-24)31-14-5-4-8-20(31)3/h9-12,15,19-20H,4-8,13-14,16-17H2,1-3H3,(H2,26,27,28,29,32). The SMILES string of the molecule is Cc1ccc(CNC(=S)Nc2nc(N3CCCC(C)C3)cc(N3CCCCC3C)n2)cc1. The van der Waals surface area contributed by atoms with Crippen LogP contribution in [-0.4, -0.2) is 40.8 Å². The summed E-state index contributed by atoms with van der Waals surface area (Å²) < 4.78 is 0. The maximum Gasteiger partial charge on any atom is 0.232 e. The third-order valence-electron chi connectivity index (χ3n) is 6.58. The number of benzene rings is 1. The van der Waals surface area contributed by atoms with Gasteiger partial charge in [0.25, 0.3) is 0 Å². The molecule has 2 atom stereocenters. The second-order valence-electron chi connectivity index (χ2n) is 9.43. The Kier molecular flexibility index (Phi) is 7.45. The highest BCUT2D eigenvalue weighted by molar-refractivity contribution is 7.80. The van der Waals surface area contributed by atoms with Crippen LogP contribution in [0.25, 0.3) is 0 Å². The summed E-state index contributed by atoms with van der Waals surface area (Å²) in [7, 11) is 0. The predicted octanol–water partition coefficient (Wildman–Crippen LogP) is 4.89. The molecule has 2 aromatic rings. The van der Waals surface area contributed by atoms with Gasteiger partial charge in [-0.15, -0.1) is 0 Å². The first kappa shape index (κ1) is 22.8. The summed E-state index contributed by atoms with van der Waals surface area (Å²) >= 11 is 5.57. The summed E-state index contributed by atoms with van der Waals surface area (Å²) in [5, 5.41) is 7.10. The van der Waals surface area contributed by atoms with E-state index in [1.807, 2.05) is 0 Å². The van der Waals surface area contributed by atoms with E-state index in [0.29, 0.717) is 29.6 Å². The molecule has 0 saturated carbocycles. The lowest BCUT2D eigenvalue weighted by Gasteiger charge is -2.36. The molecule has 32 heavy (non-hydrogen) atoms. The summed E-state index contributed by atoms with van der Waals surface area (Å²) in [5.74, 6) is 3.27. The van der Waals surface area contributed by atoms with Gasteiger partial charge in [-0.1, -0.05) is 36.8 Å². The van der Waals surface area contributed by atoms with Gasteiger partial charge in [0.05, 0.1) is 0 Å². The molecule has 0 bridgehead atoms. The molecule has 2 unspecified atom stereocenters. The molecule has 2 aliphatic heterocycles. The van der Waals surface area contributed by atoms with Gasteiger partial charge in [0, 0.05) is 38.3 Å². The van der Waals surface area contributed by atoms with Gasteiger partial charge in [0.1, 0.15) is 11.6 Å². The largest absolute Gasteiger partial charge is 0.358 e. The quantitative estimate of drug-likeness (QED) is 0.627. The molecule has 0 radical (unpaired) electrons. The van der Waals surface area contributed by atoms with E-state index in [2.05, 4.69) is 71.5 Å². The fourth-order valence-electron chi connectivity index (χ4n) is 4.66. The summed E-state index contributed by atoms with van der Waals surface area (Å²) in [5.41, 5.74) is 2.45. The van der Waals surface area contributed by atoms with Gasteiger partial charge in [-0.05, 0) is 69.7 Å². The Labute approximate surface area is 197 Å². The summed E-state index contributed by atoms with van der Waals surface area (Å²) in [6, 6.07) is 11.1. The first-order chi connectivity index (χ1) is 15.5. The Balaban J connectivity index is 1.51. The molecule has 3 heterocycles. The van der Waals surface area contributed by atoms with Crippen LogP contribution < -0.4 is 20.4 Å². The Morgan fingerprint density at radius 2 is 1.81 bits per heavy atom. The zero-order chi connectivity index (χ0) is 22.5. The van der Waals surface area contributed by atoms with Gasteiger partial charge in [-0.25, -0.2) is 0 Å². The van der Waals surface area contributed by atoms with E-state index in [9.17, 15) is 0 Å². The van der Waals surface area contributed by atoms with E-state index >= 15 is 0 Å². The molecule has 2 saturated heterocycles. The molecule has 4 rings (SSSR count). The second-order valence-corrected chi connectivity index (χ2v) is 9.84. The molecule has 2 fully saturated rings. The fraction of sp³-hybridized carbons (Fsp3) is 0.560. The molecule has 2 N–H and O–H groups in total. The van der Waals surface area contributed by atoms with E-state index < -0.39 is 0 Å². The number of aromatic nitrogens is 2. The zero-order valence-electron chi connectivity index (χ0n) is 19.6. The van der Waals surface area contributed by atoms with Gasteiger partial charge in [0.15, 0.2) is 5.11 Å². The van der Waals surface area contributed by atoms with Crippen LogP contribution in [0.4, 0.5) is 17.6 Å². The van der Waals surface area contributed by atoms with Crippen LogP contribution in [0.1, 0.15) is 57.1 Å². The van der Waals surface area contributed by atoms with E-state index in [1.54, 1.807) is 0 Å². The Morgan fingerprint density at radius 3 is 2.56 bits per heavy atom. The number of nitrogens with one attached hydrogen (secondary N) is 2. The molecule has 0 spiro atoms. The number of hydrogen-bond donors (Lipinski definition) is 2. The third-order valence-corrected chi connectivity index (χ3v) is 6.82. The van der Waals surface area contributed by atoms with Crippen molar-refractivity contribution < 1.29 is 0 Å². The summed E-state index contributed by atoms with van der Waals surface area (Å²) in [6.45, 7) is 10.5. The molecule has 0 amide bonds. The number of hydrogen-bond acceptors (Lipinski definition) is 5. The molecule has 1 aromatic heterocycles. The van der Waals surface area contributed by atoms with Crippen molar-refractivity contribution in [2.45, 2.75) is 65.5 Å². The fourth-order valence-corrected chi connectivity index (χ4v) is 4.82. The van der Waals surface area contributed by atoms with E-state index in [1.165, 1.54) is 43.2 Å². The Hall–Kier alpha value is -2.41. The third kappa shape index (κ3) is 5.88. The number of thiocarbonyl (C=S) groups is 1. The lowest BCUT2D eigenvalue weighted by Crippen LogP contribution is -2.39. The molecular formula is C25H36N6S. The Morgan fingerprint density at radius 1 is 1.03 bits per heavy atom. The predicted molar refractivity (Wildman–Crippen MR) is 138 cm³/mol. The zero-order valence-corrected chi connectivity index (χ0v) is 20.4. The van der Waals surface area contributed by atoms with Crippen LogP contribution in [0.3, 0.4) is 0 Å². The van der Waals surface area contributed by atoms with E-state index in [-0.39, 0.29) is 0 Å². The highest BCUT2D eigenvalue weighted by Crippen LogP contribution is 2.29. The molecule has 6 nitrogen and oxygen atoms in total. The van der Waals surface area contributed by atoms with Crippen LogP contribution >= 0.6 is 12.2 Å². The molecule has 172 valence electrons. The minimum Gasteiger partial charge on any atom is -0.358 e. The van der Waals surface area contributed by atoms with Crippen LogP contribution in [0.2, 0.25) is 0 Å². The van der Waals surface area contributed by atoms with Gasteiger partial charge < -0.3 is 20.4 Å². The van der Waals surface area contributed by atoms with E-state index in [4.69, 9.17) is 22.2 Å². The highest BCUT2D eigenvalue weighted by Gasteiger charge is 2.24. The van der Waals surface area contributed by atoms with Crippen molar-refractivity contribution in [3.63, 3.8) is 0 Å². The average molecular weight is 453 g/mol.